The van der Waals surface area contributed by atoms with E-state index < -0.39 is 0 Å². The van der Waals surface area contributed by atoms with Crippen molar-refractivity contribution in [3.05, 3.63) is 90.7 Å². The standard InChI is InChI=1S/C20H21N/c1-16(9-7-8-14-21-3)20-13-12-19(15-17(20)2)18-10-5-4-6-11-18/h4-15,21H,1H2,2-3H3/b9-7-,14-8-. The molecule has 0 radical (unpaired) electrons. The van der Waals surface area contributed by atoms with E-state index in [0.717, 1.165) is 5.57 Å². The highest BCUT2D eigenvalue weighted by Crippen LogP contribution is 2.25. The Kier molecular flexibility index (Phi) is 5.16. The maximum atomic E-state index is 4.14. The van der Waals surface area contributed by atoms with Crippen LogP contribution in [0.4, 0.5) is 0 Å². The zero-order chi connectivity index (χ0) is 15.1. The molecule has 0 saturated carbocycles. The molecule has 0 bridgehead atoms. The van der Waals surface area contributed by atoms with Gasteiger partial charge in [-0.05, 0) is 47.0 Å². The molecule has 0 aliphatic carbocycles. The van der Waals surface area contributed by atoms with Crippen LogP contribution in [0.5, 0.6) is 0 Å². The molecule has 2 aromatic rings. The first-order chi connectivity index (χ1) is 10.2. The van der Waals surface area contributed by atoms with Crippen molar-refractivity contribution in [3.8, 4) is 11.1 Å². The lowest BCUT2D eigenvalue weighted by molar-refractivity contribution is 1.10. The predicted octanol–water partition coefficient (Wildman–Crippen LogP) is 4.96. The molecule has 0 fully saturated rings. The second kappa shape index (κ2) is 7.30. The van der Waals surface area contributed by atoms with Gasteiger partial charge in [-0.3, -0.25) is 0 Å². The normalized spacial score (nSPS) is 11.1. The topological polar surface area (TPSA) is 12.0 Å². The summed E-state index contributed by atoms with van der Waals surface area (Å²) in [4.78, 5) is 0. The summed E-state index contributed by atoms with van der Waals surface area (Å²) in [5.74, 6) is 0. The second-order valence-corrected chi connectivity index (χ2v) is 4.93. The van der Waals surface area contributed by atoms with Crippen molar-refractivity contribution in [1.82, 2.24) is 5.32 Å². The summed E-state index contributed by atoms with van der Waals surface area (Å²) in [6.45, 7) is 6.27. The molecule has 0 unspecified atom stereocenters. The fraction of sp³-hybridized carbons (Fsp3) is 0.100. The van der Waals surface area contributed by atoms with Gasteiger partial charge in [-0.25, -0.2) is 0 Å². The molecule has 0 spiro atoms. The highest BCUT2D eigenvalue weighted by molar-refractivity contribution is 5.77. The van der Waals surface area contributed by atoms with Gasteiger partial charge < -0.3 is 5.32 Å². The first-order valence-electron chi connectivity index (χ1n) is 7.08. The van der Waals surface area contributed by atoms with E-state index in [1.165, 1.54) is 22.3 Å². The maximum absolute atomic E-state index is 4.14. The minimum atomic E-state index is 1.02. The van der Waals surface area contributed by atoms with Crippen LogP contribution in [0.3, 0.4) is 0 Å². The molecule has 0 aliphatic heterocycles. The number of hydrogen-bond donors (Lipinski definition) is 1. The van der Waals surface area contributed by atoms with Crippen LogP contribution in [0.1, 0.15) is 11.1 Å². The number of rotatable bonds is 5. The van der Waals surface area contributed by atoms with Gasteiger partial charge in [0.15, 0.2) is 0 Å². The molecule has 106 valence electrons. The van der Waals surface area contributed by atoms with Crippen LogP contribution in [0.2, 0.25) is 0 Å². The third-order valence-corrected chi connectivity index (χ3v) is 3.35. The van der Waals surface area contributed by atoms with Crippen LogP contribution in [0.15, 0.2) is 79.5 Å². The van der Waals surface area contributed by atoms with Crippen molar-refractivity contribution in [3.63, 3.8) is 0 Å². The summed E-state index contributed by atoms with van der Waals surface area (Å²) in [5, 5.41) is 2.96. The maximum Gasteiger partial charge on any atom is 0.00277 e. The smallest absolute Gasteiger partial charge is 0.00277 e. The van der Waals surface area contributed by atoms with Crippen molar-refractivity contribution in [2.45, 2.75) is 6.92 Å². The average Bonchev–Trinajstić information content (AvgIpc) is 2.52. The highest BCUT2D eigenvalue weighted by Gasteiger charge is 2.03. The monoisotopic (exact) mass is 275 g/mol. The Labute approximate surface area is 127 Å². The van der Waals surface area contributed by atoms with Crippen LogP contribution >= 0.6 is 0 Å². The van der Waals surface area contributed by atoms with Crippen molar-refractivity contribution < 1.29 is 0 Å². The molecule has 1 N–H and O–H groups in total. The highest BCUT2D eigenvalue weighted by atomic mass is 14.8. The number of allylic oxidation sites excluding steroid dienone is 4. The third kappa shape index (κ3) is 3.96. The summed E-state index contributed by atoms with van der Waals surface area (Å²) < 4.78 is 0. The van der Waals surface area contributed by atoms with Crippen LogP contribution in [0, 0.1) is 6.92 Å². The van der Waals surface area contributed by atoms with Gasteiger partial charge in [-0.15, -0.1) is 0 Å². The summed E-state index contributed by atoms with van der Waals surface area (Å²) in [6, 6.07) is 16.9. The van der Waals surface area contributed by atoms with Crippen molar-refractivity contribution in [1.29, 1.82) is 0 Å². The Hall–Kier alpha value is -2.54. The number of hydrogen-bond acceptors (Lipinski definition) is 1. The van der Waals surface area contributed by atoms with E-state index in [-0.39, 0.29) is 0 Å². The van der Waals surface area contributed by atoms with Crippen molar-refractivity contribution in [2.75, 3.05) is 7.05 Å². The van der Waals surface area contributed by atoms with E-state index in [9.17, 15) is 0 Å². The van der Waals surface area contributed by atoms with E-state index in [2.05, 4.69) is 61.3 Å². The van der Waals surface area contributed by atoms with Gasteiger partial charge >= 0.3 is 0 Å². The third-order valence-electron chi connectivity index (χ3n) is 3.35. The molecule has 2 aromatic carbocycles. The molecule has 21 heavy (non-hydrogen) atoms. The van der Waals surface area contributed by atoms with E-state index in [1.54, 1.807) is 0 Å². The van der Waals surface area contributed by atoms with Crippen LogP contribution in [-0.2, 0) is 0 Å². The van der Waals surface area contributed by atoms with Gasteiger partial charge in [0, 0.05) is 7.05 Å². The first kappa shape index (κ1) is 14.9. The molecule has 0 amide bonds. The molecule has 2 rings (SSSR count). The Balaban J connectivity index is 2.22. The number of benzene rings is 2. The van der Waals surface area contributed by atoms with Crippen LogP contribution in [-0.4, -0.2) is 7.05 Å². The Morgan fingerprint density at radius 1 is 1.00 bits per heavy atom. The number of nitrogens with one attached hydrogen (secondary N) is 1. The van der Waals surface area contributed by atoms with E-state index >= 15 is 0 Å². The number of aryl methyl sites for hydroxylation is 1. The van der Waals surface area contributed by atoms with Gasteiger partial charge in [0.2, 0.25) is 0 Å². The minimum Gasteiger partial charge on any atom is -0.394 e. The largest absolute Gasteiger partial charge is 0.394 e. The lowest BCUT2D eigenvalue weighted by Gasteiger charge is -2.09. The molecule has 0 aliphatic rings. The molecule has 1 heteroatoms. The summed E-state index contributed by atoms with van der Waals surface area (Å²) >= 11 is 0. The van der Waals surface area contributed by atoms with Gasteiger partial charge in [-0.2, -0.15) is 0 Å². The quantitative estimate of drug-likeness (QED) is 0.760. The van der Waals surface area contributed by atoms with E-state index in [0.29, 0.717) is 0 Å². The summed E-state index contributed by atoms with van der Waals surface area (Å²) in [7, 11) is 1.88. The summed E-state index contributed by atoms with van der Waals surface area (Å²) in [6.07, 6.45) is 7.86. The SMILES string of the molecule is C=C(/C=C\C=C/NC)c1ccc(-c2ccccc2)cc1C. The zero-order valence-electron chi connectivity index (χ0n) is 12.6. The van der Waals surface area contributed by atoms with Gasteiger partial charge in [0.05, 0.1) is 0 Å². The Morgan fingerprint density at radius 2 is 1.76 bits per heavy atom. The average molecular weight is 275 g/mol. The zero-order valence-corrected chi connectivity index (χ0v) is 12.6. The van der Waals surface area contributed by atoms with E-state index in [1.807, 2.05) is 37.5 Å². The van der Waals surface area contributed by atoms with Crippen LogP contribution < -0.4 is 5.32 Å². The summed E-state index contributed by atoms with van der Waals surface area (Å²) in [5.41, 5.74) is 5.93. The van der Waals surface area contributed by atoms with Gasteiger partial charge in [-0.1, -0.05) is 67.3 Å². The fourth-order valence-corrected chi connectivity index (χ4v) is 2.25. The Bertz CT molecular complexity index is 663. The van der Waals surface area contributed by atoms with Crippen molar-refractivity contribution in [2.24, 2.45) is 0 Å². The molecule has 0 heterocycles. The lowest BCUT2D eigenvalue weighted by Crippen LogP contribution is -1.90. The molecular formula is C20H21N. The molecule has 0 aromatic heterocycles. The van der Waals surface area contributed by atoms with Crippen LogP contribution in [0.25, 0.3) is 16.7 Å². The van der Waals surface area contributed by atoms with Gasteiger partial charge in [0.25, 0.3) is 0 Å². The molecule has 0 saturated heterocycles. The molecule has 1 nitrogen and oxygen atoms in total. The second-order valence-electron chi connectivity index (χ2n) is 4.93. The van der Waals surface area contributed by atoms with Gasteiger partial charge in [0.1, 0.15) is 0 Å². The minimum absolute atomic E-state index is 1.02. The first-order valence-corrected chi connectivity index (χ1v) is 7.08. The molecular weight excluding hydrogens is 254 g/mol. The Morgan fingerprint density at radius 3 is 2.43 bits per heavy atom. The predicted molar refractivity (Wildman–Crippen MR) is 93.0 cm³/mol. The van der Waals surface area contributed by atoms with Crippen molar-refractivity contribution >= 4 is 5.57 Å². The molecule has 0 atom stereocenters. The fourth-order valence-electron chi connectivity index (χ4n) is 2.25. The van der Waals surface area contributed by atoms with E-state index in [4.69, 9.17) is 0 Å². The lowest BCUT2D eigenvalue weighted by atomic mass is 9.96.